The third kappa shape index (κ3) is 3.80. The molecule has 0 N–H and O–H groups in total. The van der Waals surface area contributed by atoms with Gasteiger partial charge in [-0.25, -0.2) is 0 Å². The number of carbonyl (C=O) groups is 1. The third-order valence-electron chi connectivity index (χ3n) is 4.13. The van der Waals surface area contributed by atoms with Crippen LogP contribution in [0.15, 0.2) is 42.6 Å². The molecule has 1 aliphatic heterocycles. The summed E-state index contributed by atoms with van der Waals surface area (Å²) in [4.78, 5) is 16.3. The molecule has 1 fully saturated rings. The summed E-state index contributed by atoms with van der Waals surface area (Å²) in [7, 11) is 0. The fourth-order valence-corrected chi connectivity index (χ4v) is 2.91. The van der Waals surface area contributed by atoms with Crippen LogP contribution in [-0.2, 0) is 16.0 Å². The molecule has 1 aliphatic rings. The van der Waals surface area contributed by atoms with Crippen LogP contribution in [-0.4, -0.2) is 24.0 Å². The zero-order valence-corrected chi connectivity index (χ0v) is 12.9. The van der Waals surface area contributed by atoms with Gasteiger partial charge in [-0.05, 0) is 48.1 Å². The zero-order valence-electron chi connectivity index (χ0n) is 12.9. The van der Waals surface area contributed by atoms with E-state index < -0.39 is 0 Å². The highest BCUT2D eigenvalue weighted by molar-refractivity contribution is 5.81. The molecule has 1 saturated heterocycles. The van der Waals surface area contributed by atoms with Crippen molar-refractivity contribution in [1.82, 2.24) is 4.98 Å². The summed E-state index contributed by atoms with van der Waals surface area (Å²) in [5.74, 6) is 0.731. The maximum atomic E-state index is 12.1. The van der Waals surface area contributed by atoms with E-state index in [9.17, 15) is 4.79 Å². The lowest BCUT2D eigenvalue weighted by Crippen LogP contribution is -2.10. The second-order valence-electron chi connectivity index (χ2n) is 6.03. The summed E-state index contributed by atoms with van der Waals surface area (Å²) in [6, 6.07) is 12.3. The number of hydrogen-bond donors (Lipinski definition) is 0. The number of rotatable bonds is 5. The Morgan fingerprint density at radius 1 is 1.23 bits per heavy atom. The van der Waals surface area contributed by atoms with Gasteiger partial charge in [-0.1, -0.05) is 24.3 Å². The third-order valence-corrected chi connectivity index (χ3v) is 4.13. The lowest BCUT2D eigenvalue weighted by Gasteiger charge is -2.07. The molecule has 0 saturated carbocycles. The fourth-order valence-electron chi connectivity index (χ4n) is 2.91. The molecule has 0 bridgehead atoms. The Bertz CT molecular complexity index is 643. The Hall–Kier alpha value is -2.00. The monoisotopic (exact) mass is 295 g/mol. The molecule has 0 spiro atoms. The molecule has 1 unspecified atom stereocenters. The van der Waals surface area contributed by atoms with Gasteiger partial charge < -0.3 is 4.74 Å². The van der Waals surface area contributed by atoms with Crippen molar-refractivity contribution in [3.8, 4) is 11.1 Å². The number of hydrogen-bond acceptors (Lipinski definition) is 3. The highest BCUT2D eigenvalue weighted by Gasteiger charge is 2.19. The molecule has 1 aromatic carbocycles. The van der Waals surface area contributed by atoms with Gasteiger partial charge in [0.1, 0.15) is 5.78 Å². The number of nitrogens with zero attached hydrogens (tertiary/aromatic N) is 1. The Morgan fingerprint density at radius 3 is 2.73 bits per heavy atom. The van der Waals surface area contributed by atoms with E-state index in [0.29, 0.717) is 24.5 Å². The van der Waals surface area contributed by atoms with Crippen molar-refractivity contribution in [1.29, 1.82) is 0 Å². The summed E-state index contributed by atoms with van der Waals surface area (Å²) in [6.07, 6.45) is 4.01. The standard InChI is InChI=1S/C19H21NO2/c1-14-10-18(6-8-20-14)17-4-2-15(3-5-17)11-19(21)12-16-7-9-22-13-16/h2-6,8,10,16H,7,9,11-13H2,1H3. The van der Waals surface area contributed by atoms with E-state index in [0.717, 1.165) is 42.0 Å². The molecule has 0 aliphatic carbocycles. The quantitative estimate of drug-likeness (QED) is 0.846. The number of pyridine rings is 1. The second kappa shape index (κ2) is 6.84. The van der Waals surface area contributed by atoms with Crippen molar-refractivity contribution < 1.29 is 9.53 Å². The average molecular weight is 295 g/mol. The van der Waals surface area contributed by atoms with Gasteiger partial charge in [0.25, 0.3) is 0 Å². The minimum atomic E-state index is 0.308. The van der Waals surface area contributed by atoms with Crippen molar-refractivity contribution in [3.05, 3.63) is 53.9 Å². The van der Waals surface area contributed by atoms with Gasteiger partial charge in [0.2, 0.25) is 0 Å². The number of benzene rings is 1. The first kappa shape index (κ1) is 14.9. The number of aromatic nitrogens is 1. The predicted octanol–water partition coefficient (Wildman–Crippen LogP) is 3.60. The number of ketones is 1. The van der Waals surface area contributed by atoms with Crippen molar-refractivity contribution in [2.45, 2.75) is 26.2 Å². The van der Waals surface area contributed by atoms with Crippen LogP contribution in [0.2, 0.25) is 0 Å². The predicted molar refractivity (Wildman–Crippen MR) is 86.7 cm³/mol. The molecule has 0 amide bonds. The Labute approximate surface area is 131 Å². The number of ether oxygens (including phenoxy) is 1. The molecule has 2 aromatic rings. The highest BCUT2D eigenvalue weighted by Crippen LogP contribution is 2.21. The first-order chi connectivity index (χ1) is 10.7. The van der Waals surface area contributed by atoms with E-state index in [1.807, 2.05) is 31.3 Å². The summed E-state index contributed by atoms with van der Waals surface area (Å²) in [5.41, 5.74) is 4.41. The van der Waals surface area contributed by atoms with E-state index in [4.69, 9.17) is 4.74 Å². The molecule has 22 heavy (non-hydrogen) atoms. The molecule has 3 rings (SSSR count). The average Bonchev–Trinajstić information content (AvgIpc) is 3.01. The summed E-state index contributed by atoms with van der Waals surface area (Å²) >= 11 is 0. The van der Waals surface area contributed by atoms with Crippen LogP contribution in [0.4, 0.5) is 0 Å². The minimum Gasteiger partial charge on any atom is -0.381 e. The van der Waals surface area contributed by atoms with Gasteiger partial charge in [0, 0.05) is 37.9 Å². The van der Waals surface area contributed by atoms with Crippen molar-refractivity contribution in [2.24, 2.45) is 5.92 Å². The first-order valence-electron chi connectivity index (χ1n) is 7.82. The van der Waals surface area contributed by atoms with E-state index in [2.05, 4.69) is 23.2 Å². The SMILES string of the molecule is Cc1cc(-c2ccc(CC(=O)CC3CCOC3)cc2)ccn1. The van der Waals surface area contributed by atoms with Gasteiger partial charge in [-0.15, -0.1) is 0 Å². The minimum absolute atomic E-state index is 0.308. The van der Waals surface area contributed by atoms with E-state index in [-0.39, 0.29) is 0 Å². The van der Waals surface area contributed by atoms with Gasteiger partial charge in [0.15, 0.2) is 0 Å². The number of Topliss-reactive ketones (excluding diaryl/α,β-unsaturated/α-hetero) is 1. The molecule has 3 heteroatoms. The smallest absolute Gasteiger partial charge is 0.137 e. The number of carbonyl (C=O) groups excluding carboxylic acids is 1. The van der Waals surface area contributed by atoms with Crippen molar-refractivity contribution in [3.63, 3.8) is 0 Å². The Balaban J connectivity index is 1.62. The normalized spacial score (nSPS) is 17.6. The summed E-state index contributed by atoms with van der Waals surface area (Å²) in [5, 5.41) is 0. The van der Waals surface area contributed by atoms with E-state index in [1.165, 1.54) is 0 Å². The van der Waals surface area contributed by atoms with Crippen LogP contribution in [0.1, 0.15) is 24.1 Å². The van der Waals surface area contributed by atoms with Crippen LogP contribution < -0.4 is 0 Å². The van der Waals surface area contributed by atoms with Crippen LogP contribution in [0, 0.1) is 12.8 Å². The molecule has 3 nitrogen and oxygen atoms in total. The van der Waals surface area contributed by atoms with Crippen molar-refractivity contribution >= 4 is 5.78 Å². The Morgan fingerprint density at radius 2 is 2.05 bits per heavy atom. The van der Waals surface area contributed by atoms with Crippen LogP contribution in [0.3, 0.4) is 0 Å². The van der Waals surface area contributed by atoms with Gasteiger partial charge in [-0.3, -0.25) is 9.78 Å². The molecular formula is C19H21NO2. The fraction of sp³-hybridized carbons (Fsp3) is 0.368. The van der Waals surface area contributed by atoms with E-state index in [1.54, 1.807) is 0 Å². The van der Waals surface area contributed by atoms with Gasteiger partial charge in [0.05, 0.1) is 0 Å². The van der Waals surface area contributed by atoms with Crippen LogP contribution in [0.5, 0.6) is 0 Å². The molecule has 114 valence electrons. The maximum absolute atomic E-state index is 12.1. The Kier molecular flexibility index (Phi) is 4.64. The molecule has 0 radical (unpaired) electrons. The molecular weight excluding hydrogens is 274 g/mol. The van der Waals surface area contributed by atoms with Gasteiger partial charge >= 0.3 is 0 Å². The number of aryl methyl sites for hydroxylation is 1. The largest absolute Gasteiger partial charge is 0.381 e. The van der Waals surface area contributed by atoms with Crippen molar-refractivity contribution in [2.75, 3.05) is 13.2 Å². The summed E-state index contributed by atoms with van der Waals surface area (Å²) in [6.45, 7) is 3.54. The highest BCUT2D eigenvalue weighted by atomic mass is 16.5. The maximum Gasteiger partial charge on any atom is 0.137 e. The zero-order chi connectivity index (χ0) is 15.4. The van der Waals surface area contributed by atoms with Crippen LogP contribution >= 0.6 is 0 Å². The summed E-state index contributed by atoms with van der Waals surface area (Å²) < 4.78 is 5.33. The molecule has 2 heterocycles. The molecule has 1 aromatic heterocycles. The van der Waals surface area contributed by atoms with Crippen LogP contribution in [0.25, 0.3) is 11.1 Å². The first-order valence-corrected chi connectivity index (χ1v) is 7.82. The van der Waals surface area contributed by atoms with Gasteiger partial charge in [-0.2, -0.15) is 0 Å². The lowest BCUT2D eigenvalue weighted by atomic mass is 9.97. The second-order valence-corrected chi connectivity index (χ2v) is 6.03. The lowest BCUT2D eigenvalue weighted by molar-refractivity contribution is -0.119. The topological polar surface area (TPSA) is 39.2 Å². The molecule has 1 atom stereocenters. The van der Waals surface area contributed by atoms with E-state index >= 15 is 0 Å².